The fraction of sp³-hybridized carbons (Fsp3) is 0.176. The SMILES string of the molecule is C/C(=N/Nc1ccc(C(=O)O)cc1)c1ccc(C)cc1C. The Morgan fingerprint density at radius 3 is 2.33 bits per heavy atom. The van der Waals surface area contributed by atoms with Gasteiger partial charge in [0.25, 0.3) is 0 Å². The predicted octanol–water partition coefficient (Wildman–Crippen LogP) is 3.84. The van der Waals surface area contributed by atoms with Gasteiger partial charge in [0.1, 0.15) is 0 Å². The van der Waals surface area contributed by atoms with Gasteiger partial charge < -0.3 is 5.11 Å². The summed E-state index contributed by atoms with van der Waals surface area (Å²) in [4.78, 5) is 10.8. The van der Waals surface area contributed by atoms with Crippen LogP contribution in [0.25, 0.3) is 0 Å². The standard InChI is InChI=1S/C17H18N2O2/c1-11-4-9-16(12(2)10-11)13(3)18-19-15-7-5-14(6-8-15)17(20)21/h4-10,19H,1-3H3,(H,20,21)/b18-13-. The fourth-order valence-electron chi connectivity index (χ4n) is 2.12. The maximum atomic E-state index is 10.8. The summed E-state index contributed by atoms with van der Waals surface area (Å²) < 4.78 is 0. The number of hydrogen-bond acceptors (Lipinski definition) is 3. The zero-order chi connectivity index (χ0) is 15.4. The Labute approximate surface area is 124 Å². The molecule has 0 saturated heterocycles. The number of aromatic carboxylic acids is 1. The zero-order valence-corrected chi connectivity index (χ0v) is 12.3. The molecule has 4 heteroatoms. The number of nitrogens with zero attached hydrogens (tertiary/aromatic N) is 1. The first kappa shape index (κ1) is 14.8. The normalized spacial score (nSPS) is 11.3. The molecule has 0 fully saturated rings. The molecule has 2 N–H and O–H groups in total. The Morgan fingerprint density at radius 1 is 1.10 bits per heavy atom. The minimum Gasteiger partial charge on any atom is -0.478 e. The van der Waals surface area contributed by atoms with E-state index in [4.69, 9.17) is 5.11 Å². The van der Waals surface area contributed by atoms with E-state index in [1.54, 1.807) is 24.3 Å². The Bertz CT molecular complexity index is 688. The Morgan fingerprint density at radius 2 is 1.76 bits per heavy atom. The molecule has 0 unspecified atom stereocenters. The third-order valence-electron chi connectivity index (χ3n) is 3.26. The molecule has 21 heavy (non-hydrogen) atoms. The minimum atomic E-state index is -0.934. The third kappa shape index (κ3) is 3.69. The van der Waals surface area contributed by atoms with Crippen LogP contribution in [0.2, 0.25) is 0 Å². The van der Waals surface area contributed by atoms with Gasteiger partial charge in [-0.15, -0.1) is 0 Å². The van der Waals surface area contributed by atoms with E-state index < -0.39 is 5.97 Å². The van der Waals surface area contributed by atoms with Crippen LogP contribution in [0.4, 0.5) is 5.69 Å². The number of anilines is 1. The number of hydrazone groups is 1. The first-order valence-electron chi connectivity index (χ1n) is 6.68. The molecule has 0 aliphatic carbocycles. The lowest BCUT2D eigenvalue weighted by Gasteiger charge is -2.07. The Balaban J connectivity index is 2.14. The summed E-state index contributed by atoms with van der Waals surface area (Å²) >= 11 is 0. The van der Waals surface area contributed by atoms with Gasteiger partial charge in [0.05, 0.1) is 17.0 Å². The molecule has 0 aliphatic heterocycles. The molecular weight excluding hydrogens is 264 g/mol. The van der Waals surface area contributed by atoms with E-state index in [0.29, 0.717) is 0 Å². The molecule has 0 amide bonds. The van der Waals surface area contributed by atoms with Gasteiger partial charge >= 0.3 is 5.97 Å². The molecule has 0 bridgehead atoms. The van der Waals surface area contributed by atoms with Gasteiger partial charge in [0.2, 0.25) is 0 Å². The third-order valence-corrected chi connectivity index (χ3v) is 3.26. The maximum Gasteiger partial charge on any atom is 0.335 e. The van der Waals surface area contributed by atoms with Gasteiger partial charge in [-0.2, -0.15) is 5.10 Å². The largest absolute Gasteiger partial charge is 0.478 e. The monoisotopic (exact) mass is 282 g/mol. The van der Waals surface area contributed by atoms with E-state index in [0.717, 1.165) is 17.0 Å². The molecule has 0 heterocycles. The van der Waals surface area contributed by atoms with Crippen LogP contribution in [-0.2, 0) is 0 Å². The van der Waals surface area contributed by atoms with E-state index >= 15 is 0 Å². The molecule has 0 radical (unpaired) electrons. The van der Waals surface area contributed by atoms with E-state index in [9.17, 15) is 4.79 Å². The van der Waals surface area contributed by atoms with Crippen LogP contribution in [0.3, 0.4) is 0 Å². The molecule has 4 nitrogen and oxygen atoms in total. The van der Waals surface area contributed by atoms with Crippen molar-refractivity contribution in [1.82, 2.24) is 0 Å². The smallest absolute Gasteiger partial charge is 0.335 e. The Hall–Kier alpha value is -2.62. The second-order valence-corrected chi connectivity index (χ2v) is 5.01. The second-order valence-electron chi connectivity index (χ2n) is 5.01. The topological polar surface area (TPSA) is 61.7 Å². The van der Waals surface area contributed by atoms with Crippen molar-refractivity contribution in [3.63, 3.8) is 0 Å². The molecule has 0 aliphatic rings. The number of hydrogen-bond donors (Lipinski definition) is 2. The highest BCUT2D eigenvalue weighted by Gasteiger charge is 2.03. The van der Waals surface area contributed by atoms with Crippen molar-refractivity contribution < 1.29 is 9.90 Å². The van der Waals surface area contributed by atoms with Crippen molar-refractivity contribution in [3.05, 3.63) is 64.7 Å². The van der Waals surface area contributed by atoms with Crippen LogP contribution in [-0.4, -0.2) is 16.8 Å². The predicted molar refractivity (Wildman–Crippen MR) is 85.2 cm³/mol. The lowest BCUT2D eigenvalue weighted by Crippen LogP contribution is -2.02. The van der Waals surface area contributed by atoms with Crippen LogP contribution < -0.4 is 5.43 Å². The van der Waals surface area contributed by atoms with Gasteiger partial charge in [0.15, 0.2) is 0 Å². The summed E-state index contributed by atoms with van der Waals surface area (Å²) in [5, 5.41) is 13.2. The van der Waals surface area contributed by atoms with Crippen LogP contribution in [0.1, 0.15) is 34.0 Å². The Kier molecular flexibility index (Phi) is 4.38. The molecule has 2 aromatic rings. The number of nitrogens with one attached hydrogen (secondary N) is 1. The summed E-state index contributed by atoms with van der Waals surface area (Å²) in [6, 6.07) is 12.7. The molecule has 2 aromatic carbocycles. The van der Waals surface area contributed by atoms with Crippen molar-refractivity contribution in [1.29, 1.82) is 0 Å². The number of carboxylic acid groups (broad SMARTS) is 1. The quantitative estimate of drug-likeness (QED) is 0.661. The van der Waals surface area contributed by atoms with Gasteiger partial charge in [0, 0.05) is 5.56 Å². The van der Waals surface area contributed by atoms with E-state index in [1.807, 2.05) is 6.92 Å². The lowest BCUT2D eigenvalue weighted by atomic mass is 10.0. The number of rotatable bonds is 4. The number of carboxylic acids is 1. The van der Waals surface area contributed by atoms with Crippen LogP contribution >= 0.6 is 0 Å². The van der Waals surface area contributed by atoms with Crippen LogP contribution in [0, 0.1) is 13.8 Å². The first-order chi connectivity index (χ1) is 9.97. The molecule has 0 atom stereocenters. The average molecular weight is 282 g/mol. The fourth-order valence-corrected chi connectivity index (χ4v) is 2.12. The van der Waals surface area contributed by atoms with Gasteiger partial charge in [-0.05, 0) is 50.6 Å². The number of carbonyl (C=O) groups is 1. The van der Waals surface area contributed by atoms with Crippen molar-refractivity contribution in [3.8, 4) is 0 Å². The maximum absolute atomic E-state index is 10.8. The zero-order valence-electron chi connectivity index (χ0n) is 12.3. The van der Waals surface area contributed by atoms with Gasteiger partial charge in [-0.25, -0.2) is 4.79 Å². The van der Waals surface area contributed by atoms with Gasteiger partial charge in [-0.1, -0.05) is 23.8 Å². The highest BCUT2D eigenvalue weighted by atomic mass is 16.4. The second kappa shape index (κ2) is 6.22. The van der Waals surface area contributed by atoms with Crippen molar-refractivity contribution in [2.45, 2.75) is 20.8 Å². The molecule has 0 saturated carbocycles. The van der Waals surface area contributed by atoms with Crippen LogP contribution in [0.5, 0.6) is 0 Å². The van der Waals surface area contributed by atoms with Crippen LogP contribution in [0.15, 0.2) is 47.6 Å². The van der Waals surface area contributed by atoms with E-state index in [-0.39, 0.29) is 5.56 Å². The average Bonchev–Trinajstić information content (AvgIpc) is 2.45. The van der Waals surface area contributed by atoms with Crippen molar-refractivity contribution in [2.75, 3.05) is 5.43 Å². The molecule has 108 valence electrons. The van der Waals surface area contributed by atoms with E-state index in [1.165, 1.54) is 11.1 Å². The molecular formula is C17H18N2O2. The summed E-state index contributed by atoms with van der Waals surface area (Å²) in [5.41, 5.74) is 8.34. The van der Waals surface area contributed by atoms with Crippen molar-refractivity contribution >= 4 is 17.4 Å². The lowest BCUT2D eigenvalue weighted by molar-refractivity contribution is 0.0697. The highest BCUT2D eigenvalue weighted by molar-refractivity contribution is 6.00. The molecule has 0 aromatic heterocycles. The number of benzene rings is 2. The summed E-state index contributed by atoms with van der Waals surface area (Å²) in [7, 11) is 0. The highest BCUT2D eigenvalue weighted by Crippen LogP contribution is 2.13. The summed E-state index contributed by atoms with van der Waals surface area (Å²) in [5.74, 6) is -0.934. The van der Waals surface area contributed by atoms with Crippen molar-refractivity contribution in [2.24, 2.45) is 5.10 Å². The molecule has 0 spiro atoms. The summed E-state index contributed by atoms with van der Waals surface area (Å²) in [6.45, 7) is 6.06. The number of aryl methyl sites for hydroxylation is 2. The van der Waals surface area contributed by atoms with Gasteiger partial charge in [-0.3, -0.25) is 5.43 Å². The molecule has 2 rings (SSSR count). The minimum absolute atomic E-state index is 0.260. The van der Waals surface area contributed by atoms with E-state index in [2.05, 4.69) is 42.6 Å². The summed E-state index contributed by atoms with van der Waals surface area (Å²) in [6.07, 6.45) is 0. The first-order valence-corrected chi connectivity index (χ1v) is 6.68.